The van der Waals surface area contributed by atoms with Crippen molar-refractivity contribution in [3.05, 3.63) is 111 Å². The summed E-state index contributed by atoms with van der Waals surface area (Å²) in [4.78, 5) is 22.8. The first-order valence-electron chi connectivity index (χ1n) is 10.1. The second kappa shape index (κ2) is 10.0. The molecular weight excluding hydrogens is 458 g/mol. The Morgan fingerprint density at radius 2 is 1.85 bits per heavy atom. The fourth-order valence-corrected chi connectivity index (χ4v) is 3.44. The van der Waals surface area contributed by atoms with Gasteiger partial charge in [-0.3, -0.25) is 14.9 Å². The molecule has 0 saturated heterocycles. The molecule has 0 radical (unpaired) electrons. The second-order valence-electron chi connectivity index (χ2n) is 7.27. The number of non-ortho nitro benzene ring substituents is 1. The monoisotopic (exact) mass is 475 g/mol. The molecule has 1 amide bonds. The number of carbonyl (C=O) groups is 1. The lowest BCUT2D eigenvalue weighted by Crippen LogP contribution is -2.18. The van der Waals surface area contributed by atoms with Crippen LogP contribution in [0.4, 0.5) is 5.69 Å². The maximum Gasteiger partial charge on any atom is 0.275 e. The van der Waals surface area contributed by atoms with E-state index in [1.54, 1.807) is 12.1 Å². The summed E-state index contributed by atoms with van der Waals surface area (Å²) < 4.78 is 6.01. The van der Waals surface area contributed by atoms with Crippen molar-refractivity contribution in [2.75, 3.05) is 0 Å². The number of phenols is 1. The Kier molecular flexibility index (Phi) is 6.70. The molecule has 0 aliphatic carbocycles. The lowest BCUT2D eigenvalue weighted by molar-refractivity contribution is -0.384. The third-order valence-electron chi connectivity index (χ3n) is 5.03. The lowest BCUT2D eigenvalue weighted by atomic mass is 10.0. The third-order valence-corrected chi connectivity index (χ3v) is 5.29. The summed E-state index contributed by atoms with van der Waals surface area (Å²) in [5, 5.41) is 27.3. The molecule has 170 valence electrons. The Bertz CT molecular complexity index is 1400. The zero-order chi connectivity index (χ0) is 24.1. The lowest BCUT2D eigenvalue weighted by Gasteiger charge is -2.12. The van der Waals surface area contributed by atoms with Crippen LogP contribution in [0.25, 0.3) is 10.8 Å². The van der Waals surface area contributed by atoms with E-state index in [4.69, 9.17) is 16.3 Å². The normalized spacial score (nSPS) is 11.0. The minimum Gasteiger partial charge on any atom is -0.507 e. The Morgan fingerprint density at radius 3 is 2.62 bits per heavy atom. The average Bonchev–Trinajstić information content (AvgIpc) is 2.84. The number of aromatic hydroxyl groups is 1. The molecule has 34 heavy (non-hydrogen) atoms. The van der Waals surface area contributed by atoms with E-state index in [1.165, 1.54) is 6.21 Å². The van der Waals surface area contributed by atoms with Crippen LogP contribution in [-0.2, 0) is 6.61 Å². The van der Waals surface area contributed by atoms with Crippen LogP contribution in [0.15, 0.2) is 84.0 Å². The van der Waals surface area contributed by atoms with E-state index in [9.17, 15) is 20.0 Å². The number of hydrogen-bond acceptors (Lipinski definition) is 6. The number of rotatable bonds is 7. The van der Waals surface area contributed by atoms with E-state index in [-0.39, 0.29) is 11.3 Å². The van der Waals surface area contributed by atoms with Crippen molar-refractivity contribution in [3.8, 4) is 11.5 Å². The topological polar surface area (TPSA) is 114 Å². The first kappa shape index (κ1) is 22.8. The Hall–Kier alpha value is -4.43. The number of hydrazone groups is 1. The highest BCUT2D eigenvalue weighted by Crippen LogP contribution is 2.28. The predicted octanol–water partition coefficient (Wildman–Crippen LogP) is 5.45. The van der Waals surface area contributed by atoms with Crippen LogP contribution in [0, 0.1) is 10.1 Å². The van der Waals surface area contributed by atoms with Gasteiger partial charge in [0.15, 0.2) is 0 Å². The molecular formula is C25H18ClN3O5. The van der Waals surface area contributed by atoms with Gasteiger partial charge in [-0.2, -0.15) is 5.10 Å². The molecule has 0 bridgehead atoms. The number of phenolic OH excluding ortho intramolecular Hbond substituents is 1. The minimum atomic E-state index is -0.790. The highest BCUT2D eigenvalue weighted by atomic mass is 35.5. The van der Waals surface area contributed by atoms with Crippen LogP contribution in [0.1, 0.15) is 21.5 Å². The molecule has 4 aromatic rings. The van der Waals surface area contributed by atoms with Crippen LogP contribution in [0.3, 0.4) is 0 Å². The standard InChI is InChI=1S/C25H18ClN3O5/c26-18-8-5-16(6-9-18)15-34-24-12-7-17-3-1-2-4-20(17)22(24)14-27-28-25(31)21-13-19(29(32)33)10-11-23(21)30/h1-14,30H,15H2,(H,28,31). The van der Waals surface area contributed by atoms with Crippen molar-refractivity contribution in [3.63, 3.8) is 0 Å². The van der Waals surface area contributed by atoms with E-state index in [2.05, 4.69) is 10.5 Å². The molecule has 0 unspecified atom stereocenters. The average molecular weight is 476 g/mol. The number of nitro benzene ring substituents is 1. The summed E-state index contributed by atoms with van der Waals surface area (Å²) in [6.07, 6.45) is 1.44. The second-order valence-corrected chi connectivity index (χ2v) is 7.71. The molecule has 0 fully saturated rings. The zero-order valence-electron chi connectivity index (χ0n) is 17.6. The Balaban J connectivity index is 1.59. The van der Waals surface area contributed by atoms with Gasteiger partial charge in [-0.15, -0.1) is 0 Å². The number of carbonyl (C=O) groups excluding carboxylic acids is 1. The highest BCUT2D eigenvalue weighted by molar-refractivity contribution is 6.30. The number of halogens is 1. The van der Waals surface area contributed by atoms with E-state index < -0.39 is 16.6 Å². The molecule has 0 atom stereocenters. The first-order chi connectivity index (χ1) is 16.4. The smallest absolute Gasteiger partial charge is 0.275 e. The molecule has 4 rings (SSSR count). The van der Waals surface area contributed by atoms with E-state index in [1.807, 2.05) is 48.5 Å². The summed E-state index contributed by atoms with van der Waals surface area (Å²) in [6, 6.07) is 21.8. The number of fused-ring (bicyclic) bond motifs is 1. The maximum atomic E-state index is 12.5. The molecule has 8 nitrogen and oxygen atoms in total. The molecule has 0 aromatic heterocycles. The summed E-state index contributed by atoms with van der Waals surface area (Å²) in [5.41, 5.74) is 3.28. The van der Waals surface area contributed by atoms with Gasteiger partial charge in [0.2, 0.25) is 0 Å². The Morgan fingerprint density at radius 1 is 1.09 bits per heavy atom. The number of nitro groups is 1. The molecule has 4 aromatic carbocycles. The predicted molar refractivity (Wildman–Crippen MR) is 130 cm³/mol. The third kappa shape index (κ3) is 5.13. The van der Waals surface area contributed by atoms with Crippen molar-refractivity contribution < 1.29 is 19.6 Å². The van der Waals surface area contributed by atoms with Gasteiger partial charge < -0.3 is 9.84 Å². The van der Waals surface area contributed by atoms with Crippen molar-refractivity contribution in [1.29, 1.82) is 0 Å². The van der Waals surface area contributed by atoms with Crippen molar-refractivity contribution in [2.24, 2.45) is 5.10 Å². The number of hydrogen-bond donors (Lipinski definition) is 2. The van der Waals surface area contributed by atoms with Crippen LogP contribution >= 0.6 is 11.6 Å². The molecule has 0 heterocycles. The van der Waals surface area contributed by atoms with Crippen molar-refractivity contribution in [2.45, 2.75) is 6.61 Å². The van der Waals surface area contributed by atoms with E-state index in [0.717, 1.165) is 34.5 Å². The van der Waals surface area contributed by atoms with Gasteiger partial charge in [-0.05, 0) is 40.6 Å². The Labute approximate surface area is 199 Å². The van der Waals surface area contributed by atoms with Gasteiger partial charge in [0.1, 0.15) is 18.1 Å². The van der Waals surface area contributed by atoms with Crippen LogP contribution < -0.4 is 10.2 Å². The van der Waals surface area contributed by atoms with Gasteiger partial charge in [-0.25, -0.2) is 5.43 Å². The van der Waals surface area contributed by atoms with Crippen LogP contribution in [0.2, 0.25) is 5.02 Å². The number of nitrogens with zero attached hydrogens (tertiary/aromatic N) is 2. The number of ether oxygens (including phenoxy) is 1. The van der Waals surface area contributed by atoms with E-state index in [0.29, 0.717) is 22.9 Å². The maximum absolute atomic E-state index is 12.5. The van der Waals surface area contributed by atoms with Gasteiger partial charge in [0.25, 0.3) is 11.6 Å². The molecule has 9 heteroatoms. The zero-order valence-corrected chi connectivity index (χ0v) is 18.4. The SMILES string of the molecule is O=C(NN=Cc1c(OCc2ccc(Cl)cc2)ccc2ccccc12)c1cc([N+](=O)[O-])ccc1O. The fraction of sp³-hybridized carbons (Fsp3) is 0.0400. The molecule has 2 N–H and O–H groups in total. The van der Waals surface area contributed by atoms with Crippen molar-refractivity contribution >= 4 is 40.2 Å². The van der Waals surface area contributed by atoms with Gasteiger partial charge in [0, 0.05) is 22.7 Å². The van der Waals surface area contributed by atoms with Gasteiger partial charge >= 0.3 is 0 Å². The minimum absolute atomic E-state index is 0.261. The summed E-state index contributed by atoms with van der Waals surface area (Å²) in [5.74, 6) is -0.637. The fourth-order valence-electron chi connectivity index (χ4n) is 3.31. The van der Waals surface area contributed by atoms with Crippen LogP contribution in [0.5, 0.6) is 11.5 Å². The highest BCUT2D eigenvalue weighted by Gasteiger charge is 2.16. The summed E-state index contributed by atoms with van der Waals surface area (Å²) >= 11 is 5.94. The number of amides is 1. The molecule has 0 saturated carbocycles. The quantitative estimate of drug-likeness (QED) is 0.209. The van der Waals surface area contributed by atoms with Crippen LogP contribution in [-0.4, -0.2) is 22.2 Å². The largest absolute Gasteiger partial charge is 0.507 e. The van der Waals surface area contributed by atoms with E-state index >= 15 is 0 Å². The van der Waals surface area contributed by atoms with Gasteiger partial charge in [-0.1, -0.05) is 54.1 Å². The number of nitrogens with one attached hydrogen (secondary N) is 1. The molecule has 0 spiro atoms. The molecule has 0 aliphatic heterocycles. The summed E-state index contributed by atoms with van der Waals surface area (Å²) in [7, 11) is 0. The molecule has 0 aliphatic rings. The first-order valence-corrected chi connectivity index (χ1v) is 10.5. The van der Waals surface area contributed by atoms with Gasteiger partial charge in [0.05, 0.1) is 16.7 Å². The van der Waals surface area contributed by atoms with Crippen molar-refractivity contribution in [1.82, 2.24) is 5.43 Å². The number of benzene rings is 4. The summed E-state index contributed by atoms with van der Waals surface area (Å²) in [6.45, 7) is 0.296.